The van der Waals surface area contributed by atoms with Gasteiger partial charge in [-0.2, -0.15) is 0 Å². The number of hydrogen-bond donors (Lipinski definition) is 1. The summed E-state index contributed by atoms with van der Waals surface area (Å²) in [6.07, 6.45) is 9.57. The van der Waals surface area contributed by atoms with E-state index in [-0.39, 0.29) is 0 Å². The molecule has 21 heavy (non-hydrogen) atoms. The van der Waals surface area contributed by atoms with E-state index in [0.717, 1.165) is 24.8 Å². The van der Waals surface area contributed by atoms with Crippen LogP contribution in [0.2, 0.25) is 0 Å². The Labute approximate surface area is 130 Å². The SMILES string of the molecule is CCCNC(CCC1CCCC1)c1cccc(OCC)c1. The van der Waals surface area contributed by atoms with Gasteiger partial charge in [-0.25, -0.2) is 0 Å². The molecule has 0 aromatic heterocycles. The number of hydrogen-bond acceptors (Lipinski definition) is 2. The predicted octanol–water partition coefficient (Wildman–Crippen LogP) is 5.10. The molecule has 0 radical (unpaired) electrons. The van der Waals surface area contributed by atoms with Crippen molar-refractivity contribution in [2.24, 2.45) is 5.92 Å². The summed E-state index contributed by atoms with van der Waals surface area (Å²) in [7, 11) is 0. The zero-order valence-electron chi connectivity index (χ0n) is 13.7. The summed E-state index contributed by atoms with van der Waals surface area (Å²) >= 11 is 0. The van der Waals surface area contributed by atoms with Crippen molar-refractivity contribution in [2.45, 2.75) is 64.8 Å². The van der Waals surface area contributed by atoms with Gasteiger partial charge in [0.25, 0.3) is 0 Å². The van der Waals surface area contributed by atoms with Crippen molar-refractivity contribution >= 4 is 0 Å². The predicted molar refractivity (Wildman–Crippen MR) is 89.8 cm³/mol. The van der Waals surface area contributed by atoms with Crippen molar-refractivity contribution < 1.29 is 4.74 Å². The van der Waals surface area contributed by atoms with Crippen LogP contribution in [-0.4, -0.2) is 13.2 Å². The van der Waals surface area contributed by atoms with E-state index in [9.17, 15) is 0 Å². The Morgan fingerprint density at radius 2 is 2.05 bits per heavy atom. The molecule has 0 spiro atoms. The summed E-state index contributed by atoms with van der Waals surface area (Å²) in [6.45, 7) is 6.10. The Bertz CT molecular complexity index is 398. The molecule has 1 aliphatic carbocycles. The molecule has 2 nitrogen and oxygen atoms in total. The van der Waals surface area contributed by atoms with Crippen LogP contribution in [-0.2, 0) is 0 Å². The highest BCUT2D eigenvalue weighted by atomic mass is 16.5. The second-order valence-corrected chi connectivity index (χ2v) is 6.24. The van der Waals surface area contributed by atoms with E-state index in [1.165, 1.54) is 50.5 Å². The molecule has 1 saturated carbocycles. The molecule has 1 aromatic carbocycles. The van der Waals surface area contributed by atoms with Gasteiger partial charge >= 0.3 is 0 Å². The lowest BCUT2D eigenvalue weighted by Gasteiger charge is -2.21. The van der Waals surface area contributed by atoms with Gasteiger partial charge < -0.3 is 10.1 Å². The molecule has 0 aliphatic heterocycles. The first kappa shape index (κ1) is 16.4. The van der Waals surface area contributed by atoms with Gasteiger partial charge in [0.1, 0.15) is 5.75 Å². The standard InChI is InChI=1S/C19H31NO/c1-3-14-20-19(13-12-16-8-5-6-9-16)17-10-7-11-18(15-17)21-4-2/h7,10-11,15-16,19-20H,3-6,8-9,12-14H2,1-2H3. The lowest BCUT2D eigenvalue weighted by atomic mass is 9.94. The van der Waals surface area contributed by atoms with E-state index < -0.39 is 0 Å². The minimum Gasteiger partial charge on any atom is -0.494 e. The van der Waals surface area contributed by atoms with Gasteiger partial charge in [0, 0.05) is 6.04 Å². The lowest BCUT2D eigenvalue weighted by Crippen LogP contribution is -2.22. The monoisotopic (exact) mass is 289 g/mol. The number of ether oxygens (including phenoxy) is 1. The first-order chi connectivity index (χ1) is 10.3. The molecule has 1 fully saturated rings. The molecule has 1 aliphatic rings. The van der Waals surface area contributed by atoms with Gasteiger partial charge in [-0.15, -0.1) is 0 Å². The highest BCUT2D eigenvalue weighted by Crippen LogP contribution is 2.32. The summed E-state index contributed by atoms with van der Waals surface area (Å²) in [5.74, 6) is 1.96. The average Bonchev–Trinajstić information content (AvgIpc) is 3.01. The Kier molecular flexibility index (Phi) is 7.08. The van der Waals surface area contributed by atoms with Crippen LogP contribution in [0.25, 0.3) is 0 Å². The van der Waals surface area contributed by atoms with Crippen molar-refractivity contribution in [3.63, 3.8) is 0 Å². The zero-order chi connectivity index (χ0) is 14.9. The second-order valence-electron chi connectivity index (χ2n) is 6.24. The van der Waals surface area contributed by atoms with E-state index in [0.29, 0.717) is 6.04 Å². The van der Waals surface area contributed by atoms with Crippen molar-refractivity contribution in [3.8, 4) is 5.75 Å². The third kappa shape index (κ3) is 5.35. The maximum absolute atomic E-state index is 5.65. The topological polar surface area (TPSA) is 21.3 Å². The quantitative estimate of drug-likeness (QED) is 0.683. The maximum Gasteiger partial charge on any atom is 0.119 e. The highest BCUT2D eigenvalue weighted by Gasteiger charge is 2.18. The van der Waals surface area contributed by atoms with Crippen molar-refractivity contribution in [3.05, 3.63) is 29.8 Å². The minimum absolute atomic E-state index is 0.478. The Hall–Kier alpha value is -1.02. The lowest BCUT2D eigenvalue weighted by molar-refractivity contribution is 0.338. The van der Waals surface area contributed by atoms with Gasteiger partial charge in [0.2, 0.25) is 0 Å². The van der Waals surface area contributed by atoms with Crippen LogP contribution in [0.3, 0.4) is 0 Å². The first-order valence-electron chi connectivity index (χ1n) is 8.79. The third-order valence-corrected chi connectivity index (χ3v) is 4.55. The van der Waals surface area contributed by atoms with E-state index in [4.69, 9.17) is 4.74 Å². The molecule has 0 bridgehead atoms. The van der Waals surface area contributed by atoms with Crippen LogP contribution >= 0.6 is 0 Å². The summed E-state index contributed by atoms with van der Waals surface area (Å²) in [5, 5.41) is 3.72. The van der Waals surface area contributed by atoms with Crippen LogP contribution in [0.4, 0.5) is 0 Å². The molecule has 0 saturated heterocycles. The molecule has 118 valence electrons. The van der Waals surface area contributed by atoms with Crippen LogP contribution in [0, 0.1) is 5.92 Å². The molecule has 0 amide bonds. The molecule has 1 unspecified atom stereocenters. The van der Waals surface area contributed by atoms with Gasteiger partial charge in [0.05, 0.1) is 6.61 Å². The fourth-order valence-corrected chi connectivity index (χ4v) is 3.39. The smallest absolute Gasteiger partial charge is 0.119 e. The van der Waals surface area contributed by atoms with E-state index in [2.05, 4.69) is 36.5 Å². The molecule has 2 heteroatoms. The number of rotatable bonds is 9. The van der Waals surface area contributed by atoms with E-state index >= 15 is 0 Å². The normalized spacial score (nSPS) is 17.0. The van der Waals surface area contributed by atoms with E-state index in [1.807, 2.05) is 6.92 Å². The number of benzene rings is 1. The second kappa shape index (κ2) is 9.09. The Balaban J connectivity index is 1.97. The zero-order valence-corrected chi connectivity index (χ0v) is 13.7. The summed E-state index contributed by atoms with van der Waals surface area (Å²) in [5.41, 5.74) is 1.38. The molecule has 0 heterocycles. The van der Waals surface area contributed by atoms with Crippen LogP contribution < -0.4 is 10.1 Å². The van der Waals surface area contributed by atoms with Gasteiger partial charge in [0.15, 0.2) is 0 Å². The molecule has 2 rings (SSSR count). The first-order valence-corrected chi connectivity index (χ1v) is 8.79. The third-order valence-electron chi connectivity index (χ3n) is 4.55. The highest BCUT2D eigenvalue weighted by molar-refractivity contribution is 5.30. The molecule has 1 aromatic rings. The Morgan fingerprint density at radius 3 is 2.76 bits per heavy atom. The van der Waals surface area contributed by atoms with Crippen LogP contribution in [0.5, 0.6) is 5.75 Å². The average molecular weight is 289 g/mol. The molecule has 1 atom stereocenters. The summed E-state index contributed by atoms with van der Waals surface area (Å²) < 4.78 is 5.65. The largest absolute Gasteiger partial charge is 0.494 e. The van der Waals surface area contributed by atoms with Crippen LogP contribution in [0.1, 0.15) is 70.4 Å². The van der Waals surface area contributed by atoms with E-state index in [1.54, 1.807) is 0 Å². The number of nitrogens with one attached hydrogen (secondary N) is 1. The summed E-state index contributed by atoms with van der Waals surface area (Å²) in [4.78, 5) is 0. The van der Waals surface area contributed by atoms with Gasteiger partial charge in [-0.3, -0.25) is 0 Å². The Morgan fingerprint density at radius 1 is 1.24 bits per heavy atom. The van der Waals surface area contributed by atoms with Crippen LogP contribution in [0.15, 0.2) is 24.3 Å². The van der Waals surface area contributed by atoms with Crippen molar-refractivity contribution in [1.82, 2.24) is 5.32 Å². The molecule has 1 N–H and O–H groups in total. The van der Waals surface area contributed by atoms with Crippen molar-refractivity contribution in [2.75, 3.05) is 13.2 Å². The summed E-state index contributed by atoms with van der Waals surface area (Å²) in [6, 6.07) is 9.11. The fraction of sp³-hybridized carbons (Fsp3) is 0.684. The van der Waals surface area contributed by atoms with Gasteiger partial charge in [-0.1, -0.05) is 44.7 Å². The molecular weight excluding hydrogens is 258 g/mol. The maximum atomic E-state index is 5.65. The van der Waals surface area contributed by atoms with Crippen molar-refractivity contribution in [1.29, 1.82) is 0 Å². The van der Waals surface area contributed by atoms with Gasteiger partial charge in [-0.05, 0) is 56.3 Å². The minimum atomic E-state index is 0.478. The fourth-order valence-electron chi connectivity index (χ4n) is 3.39. The molecular formula is C19H31NO.